The molecule has 0 radical (unpaired) electrons. The van der Waals surface area contributed by atoms with Gasteiger partial charge in [0.2, 0.25) is 0 Å². The fourth-order valence-corrected chi connectivity index (χ4v) is 2.13. The predicted molar refractivity (Wildman–Crippen MR) is 95.1 cm³/mol. The first-order valence-electron chi connectivity index (χ1n) is 9.05. The molecule has 6 heteroatoms. The Morgan fingerprint density at radius 1 is 1.04 bits per heavy atom. The van der Waals surface area contributed by atoms with Crippen molar-refractivity contribution < 1.29 is 28.6 Å². The highest BCUT2D eigenvalue weighted by atomic mass is 16.6. The van der Waals surface area contributed by atoms with E-state index in [9.17, 15) is 14.4 Å². The highest BCUT2D eigenvalue weighted by molar-refractivity contribution is 5.99. The van der Waals surface area contributed by atoms with Gasteiger partial charge in [-0.15, -0.1) is 0 Å². The van der Waals surface area contributed by atoms with E-state index in [4.69, 9.17) is 14.2 Å². The summed E-state index contributed by atoms with van der Waals surface area (Å²) in [4.78, 5) is 36.1. The Hall–Kier alpha value is -1.43. The Balaban J connectivity index is 4.59. The fraction of sp³-hybridized carbons (Fsp3) is 0.842. The number of carbonyl (C=O) groups is 3. The maximum absolute atomic E-state index is 12.4. The first kappa shape index (κ1) is 23.6. The van der Waals surface area contributed by atoms with E-state index in [-0.39, 0.29) is 24.8 Å². The van der Waals surface area contributed by atoms with E-state index in [0.29, 0.717) is 38.4 Å². The number of carbonyl (C=O) groups excluding carboxylic acids is 3. The second-order valence-corrected chi connectivity index (χ2v) is 7.51. The molecule has 0 saturated carbocycles. The average Bonchev–Trinajstić information content (AvgIpc) is 2.44. The molecule has 0 rings (SSSR count). The van der Waals surface area contributed by atoms with Crippen LogP contribution in [-0.4, -0.2) is 43.1 Å². The minimum Gasteiger partial charge on any atom is -0.466 e. The third kappa shape index (κ3) is 12.6. The van der Waals surface area contributed by atoms with Crippen LogP contribution in [0.25, 0.3) is 0 Å². The van der Waals surface area contributed by atoms with Crippen molar-refractivity contribution in [1.82, 2.24) is 0 Å². The van der Waals surface area contributed by atoms with Gasteiger partial charge in [0.15, 0.2) is 5.78 Å². The summed E-state index contributed by atoms with van der Waals surface area (Å²) >= 11 is 0. The van der Waals surface area contributed by atoms with Crippen LogP contribution in [0.1, 0.15) is 67.2 Å². The zero-order valence-corrected chi connectivity index (χ0v) is 16.6. The van der Waals surface area contributed by atoms with Crippen molar-refractivity contribution in [2.75, 3.05) is 19.8 Å². The molecule has 0 aliphatic carbocycles. The number of esters is 2. The number of unbranched alkanes of at least 4 members (excludes halogenated alkanes) is 1. The number of hydrogen-bond donors (Lipinski definition) is 0. The molecular weight excluding hydrogens is 324 g/mol. The van der Waals surface area contributed by atoms with Gasteiger partial charge in [-0.05, 0) is 46.5 Å². The molecule has 0 aromatic rings. The van der Waals surface area contributed by atoms with Crippen molar-refractivity contribution in [1.29, 1.82) is 0 Å². The molecule has 146 valence electrons. The normalized spacial score (nSPS) is 12.8. The summed E-state index contributed by atoms with van der Waals surface area (Å²) in [5, 5.41) is 0. The van der Waals surface area contributed by atoms with E-state index in [1.807, 2.05) is 13.8 Å². The zero-order chi connectivity index (χ0) is 19.5. The molecule has 0 aromatic heterocycles. The topological polar surface area (TPSA) is 78.9 Å². The lowest BCUT2D eigenvalue weighted by atomic mass is 9.96. The molecule has 1 unspecified atom stereocenters. The predicted octanol–water partition coefficient (Wildman–Crippen LogP) is 3.31. The molecule has 0 amide bonds. The zero-order valence-electron chi connectivity index (χ0n) is 16.6. The number of ether oxygens (including phenoxy) is 3. The monoisotopic (exact) mass is 358 g/mol. The van der Waals surface area contributed by atoms with Gasteiger partial charge in [-0.25, -0.2) is 0 Å². The van der Waals surface area contributed by atoms with Crippen LogP contribution in [-0.2, 0) is 28.6 Å². The molecule has 0 saturated heterocycles. The summed E-state index contributed by atoms with van der Waals surface area (Å²) in [6.07, 6.45) is 1.77. The van der Waals surface area contributed by atoms with E-state index in [1.54, 1.807) is 27.7 Å². The third-order valence-corrected chi connectivity index (χ3v) is 3.20. The molecule has 6 nitrogen and oxygen atoms in total. The maximum atomic E-state index is 12.4. The first-order chi connectivity index (χ1) is 11.6. The Bertz CT molecular complexity index is 422. The first-order valence-corrected chi connectivity index (χ1v) is 9.05. The molecule has 0 bridgehead atoms. The van der Waals surface area contributed by atoms with Crippen molar-refractivity contribution in [2.24, 2.45) is 11.8 Å². The van der Waals surface area contributed by atoms with Crippen LogP contribution in [0.3, 0.4) is 0 Å². The summed E-state index contributed by atoms with van der Waals surface area (Å²) in [7, 11) is 0. The number of ketones is 1. The lowest BCUT2D eigenvalue weighted by molar-refractivity contribution is -0.163. The van der Waals surface area contributed by atoms with E-state index in [1.165, 1.54) is 0 Å². The Morgan fingerprint density at radius 2 is 1.68 bits per heavy atom. The third-order valence-electron chi connectivity index (χ3n) is 3.20. The Morgan fingerprint density at radius 3 is 2.20 bits per heavy atom. The van der Waals surface area contributed by atoms with Crippen LogP contribution in [0, 0.1) is 11.8 Å². The van der Waals surface area contributed by atoms with Crippen molar-refractivity contribution in [3.05, 3.63) is 0 Å². The molecule has 0 spiro atoms. The molecule has 0 aromatic carbocycles. The van der Waals surface area contributed by atoms with Gasteiger partial charge in [-0.1, -0.05) is 20.3 Å². The number of rotatable bonds is 12. The fourth-order valence-electron chi connectivity index (χ4n) is 2.13. The van der Waals surface area contributed by atoms with Gasteiger partial charge in [-0.2, -0.15) is 0 Å². The van der Waals surface area contributed by atoms with E-state index >= 15 is 0 Å². The largest absolute Gasteiger partial charge is 0.466 e. The van der Waals surface area contributed by atoms with Crippen LogP contribution < -0.4 is 0 Å². The molecule has 0 fully saturated rings. The SMILES string of the molecule is CCOC(=O)CCCCC(C(=O)COCC(C)C)C(=O)OC(C)(C)C. The van der Waals surface area contributed by atoms with Gasteiger partial charge in [0.1, 0.15) is 18.1 Å². The molecule has 0 N–H and O–H groups in total. The van der Waals surface area contributed by atoms with Gasteiger partial charge in [0.25, 0.3) is 0 Å². The summed E-state index contributed by atoms with van der Waals surface area (Å²) < 4.78 is 15.6. The van der Waals surface area contributed by atoms with Crippen LogP contribution >= 0.6 is 0 Å². The highest BCUT2D eigenvalue weighted by Gasteiger charge is 2.30. The Labute approximate surface area is 151 Å². The van der Waals surface area contributed by atoms with Gasteiger partial charge < -0.3 is 14.2 Å². The van der Waals surface area contributed by atoms with Gasteiger partial charge in [-0.3, -0.25) is 14.4 Å². The summed E-state index contributed by atoms with van der Waals surface area (Å²) in [6, 6.07) is 0. The van der Waals surface area contributed by atoms with Crippen molar-refractivity contribution in [3.63, 3.8) is 0 Å². The molecule has 0 heterocycles. The minimum absolute atomic E-state index is 0.0973. The smallest absolute Gasteiger partial charge is 0.317 e. The van der Waals surface area contributed by atoms with Crippen molar-refractivity contribution in [2.45, 2.75) is 72.8 Å². The molecule has 0 aliphatic heterocycles. The summed E-state index contributed by atoms with van der Waals surface area (Å²) in [6.45, 7) is 11.8. The molecule has 25 heavy (non-hydrogen) atoms. The molecule has 1 atom stereocenters. The van der Waals surface area contributed by atoms with Gasteiger partial charge in [0.05, 0.1) is 6.61 Å². The van der Waals surface area contributed by atoms with Gasteiger partial charge >= 0.3 is 11.9 Å². The Kier molecular flexibility index (Phi) is 11.3. The number of Topliss-reactive ketones (excluding diaryl/α,β-unsaturated/α-hetero) is 1. The highest BCUT2D eigenvalue weighted by Crippen LogP contribution is 2.18. The average molecular weight is 358 g/mol. The van der Waals surface area contributed by atoms with E-state index in [0.717, 1.165) is 0 Å². The van der Waals surface area contributed by atoms with E-state index in [2.05, 4.69) is 0 Å². The quantitative estimate of drug-likeness (QED) is 0.302. The van der Waals surface area contributed by atoms with Crippen LogP contribution in [0.15, 0.2) is 0 Å². The van der Waals surface area contributed by atoms with Crippen molar-refractivity contribution in [3.8, 4) is 0 Å². The van der Waals surface area contributed by atoms with Crippen LogP contribution in [0.4, 0.5) is 0 Å². The second kappa shape index (κ2) is 12.0. The van der Waals surface area contributed by atoms with E-state index < -0.39 is 17.5 Å². The summed E-state index contributed by atoms with van der Waals surface area (Å²) in [5.41, 5.74) is -0.653. The standard InChI is InChI=1S/C19H34O6/c1-7-24-17(21)11-9-8-10-15(18(22)25-19(4,5)6)16(20)13-23-12-14(2)3/h14-15H,7-13H2,1-6H3. The van der Waals surface area contributed by atoms with Crippen LogP contribution in [0.2, 0.25) is 0 Å². The second-order valence-electron chi connectivity index (χ2n) is 7.51. The lowest BCUT2D eigenvalue weighted by Gasteiger charge is -2.23. The molecule has 0 aliphatic rings. The molecular formula is C19H34O6. The lowest BCUT2D eigenvalue weighted by Crippen LogP contribution is -2.34. The van der Waals surface area contributed by atoms with Gasteiger partial charge in [0, 0.05) is 13.0 Å². The van der Waals surface area contributed by atoms with Crippen molar-refractivity contribution >= 4 is 17.7 Å². The van der Waals surface area contributed by atoms with Crippen LogP contribution in [0.5, 0.6) is 0 Å². The summed E-state index contributed by atoms with van der Waals surface area (Å²) in [5.74, 6) is -1.60. The minimum atomic E-state index is -0.853. The number of hydrogen-bond acceptors (Lipinski definition) is 6. The maximum Gasteiger partial charge on any atom is 0.317 e.